The van der Waals surface area contributed by atoms with Crippen LogP contribution in [0.1, 0.15) is 18.5 Å². The number of nitrogen functional groups attached to an aromatic ring is 1. The van der Waals surface area contributed by atoms with Crippen LogP contribution in [0, 0.1) is 0 Å². The van der Waals surface area contributed by atoms with Gasteiger partial charge < -0.3 is 16.6 Å². The molecule has 0 radical (unpaired) electrons. The molecule has 0 aliphatic heterocycles. The molecule has 0 amide bonds. The Balaban J connectivity index is 2.82. The van der Waals surface area contributed by atoms with Crippen LogP contribution >= 0.6 is 0 Å². The fraction of sp³-hybridized carbons (Fsp3) is 0.333. The molecule has 0 aromatic heterocycles. The van der Waals surface area contributed by atoms with Gasteiger partial charge in [0.15, 0.2) is 0 Å². The van der Waals surface area contributed by atoms with Gasteiger partial charge in [0.05, 0.1) is 12.1 Å². The molecule has 5 N–H and O–H groups in total. The van der Waals surface area contributed by atoms with Crippen LogP contribution in [-0.4, -0.2) is 11.2 Å². The topological polar surface area (TPSA) is 72.3 Å². The molecule has 2 atom stereocenters. The minimum atomic E-state index is -0.534. The Morgan fingerprint density at radius 1 is 1.25 bits per heavy atom. The predicted molar refractivity (Wildman–Crippen MR) is 49.5 cm³/mol. The minimum Gasteiger partial charge on any atom is -0.399 e. The van der Waals surface area contributed by atoms with E-state index in [1.165, 1.54) is 0 Å². The smallest absolute Gasteiger partial charge is 0.0704 e. The number of benzene rings is 1. The lowest BCUT2D eigenvalue weighted by Crippen LogP contribution is -2.22. The fourth-order valence-electron chi connectivity index (χ4n) is 0.997. The highest BCUT2D eigenvalue weighted by molar-refractivity contribution is 5.40. The maximum atomic E-state index is 9.19. The number of hydrogen-bond acceptors (Lipinski definition) is 3. The average Bonchev–Trinajstić information content (AvgIpc) is 2.04. The average molecular weight is 166 g/mol. The summed E-state index contributed by atoms with van der Waals surface area (Å²) >= 11 is 0. The highest BCUT2D eigenvalue weighted by Gasteiger charge is 2.10. The molecule has 0 aliphatic carbocycles. The lowest BCUT2D eigenvalue weighted by atomic mass is 10.0. The van der Waals surface area contributed by atoms with Crippen molar-refractivity contribution in [2.75, 3.05) is 5.73 Å². The Hall–Kier alpha value is -1.06. The number of aliphatic hydroxyl groups excluding tert-OH is 1. The van der Waals surface area contributed by atoms with Gasteiger partial charge in [0.1, 0.15) is 0 Å². The second kappa shape index (κ2) is 3.56. The molecule has 0 aliphatic rings. The number of anilines is 1. The van der Waals surface area contributed by atoms with E-state index in [-0.39, 0.29) is 6.04 Å². The van der Waals surface area contributed by atoms with Crippen LogP contribution in [0.15, 0.2) is 24.3 Å². The Labute approximate surface area is 72.0 Å². The van der Waals surface area contributed by atoms with Gasteiger partial charge in [-0.3, -0.25) is 0 Å². The third kappa shape index (κ3) is 1.96. The molecule has 3 heteroatoms. The summed E-state index contributed by atoms with van der Waals surface area (Å²) in [6, 6.07) is 6.87. The highest BCUT2D eigenvalue weighted by atomic mass is 16.3. The molecule has 0 heterocycles. The van der Waals surface area contributed by atoms with E-state index in [2.05, 4.69) is 0 Å². The van der Waals surface area contributed by atoms with Crippen LogP contribution in [0.25, 0.3) is 0 Å². The summed E-state index contributed by atoms with van der Waals surface area (Å²) in [5.74, 6) is 0. The van der Waals surface area contributed by atoms with Crippen molar-refractivity contribution in [3.63, 3.8) is 0 Å². The molecule has 0 saturated heterocycles. The third-order valence-corrected chi connectivity index (χ3v) is 1.84. The molecule has 0 saturated carbocycles. The van der Waals surface area contributed by atoms with Crippen LogP contribution in [0.4, 0.5) is 5.69 Å². The second-order valence-electron chi connectivity index (χ2n) is 2.93. The van der Waals surface area contributed by atoms with Gasteiger partial charge in [0.2, 0.25) is 0 Å². The Morgan fingerprint density at radius 3 is 2.17 bits per heavy atom. The van der Waals surface area contributed by atoms with Gasteiger partial charge in [-0.15, -0.1) is 0 Å². The van der Waals surface area contributed by atoms with E-state index in [4.69, 9.17) is 11.5 Å². The van der Waals surface area contributed by atoms with Crippen molar-refractivity contribution >= 4 is 5.69 Å². The second-order valence-corrected chi connectivity index (χ2v) is 2.93. The lowest BCUT2D eigenvalue weighted by Gasteiger charge is -2.14. The molecular formula is C9H14N2O. The van der Waals surface area contributed by atoms with E-state index < -0.39 is 6.10 Å². The van der Waals surface area contributed by atoms with E-state index in [1.54, 1.807) is 19.1 Å². The maximum Gasteiger partial charge on any atom is 0.0704 e. The van der Waals surface area contributed by atoms with Crippen molar-refractivity contribution in [3.8, 4) is 0 Å². The molecule has 0 spiro atoms. The first kappa shape index (κ1) is 9.03. The van der Waals surface area contributed by atoms with Crippen molar-refractivity contribution in [3.05, 3.63) is 29.8 Å². The molecular weight excluding hydrogens is 152 g/mol. The van der Waals surface area contributed by atoms with Crippen LogP contribution in [-0.2, 0) is 0 Å². The first-order valence-corrected chi connectivity index (χ1v) is 3.90. The van der Waals surface area contributed by atoms with Crippen molar-refractivity contribution in [1.82, 2.24) is 0 Å². The normalized spacial score (nSPS) is 15.6. The van der Waals surface area contributed by atoms with Gasteiger partial charge in [0, 0.05) is 5.69 Å². The van der Waals surface area contributed by atoms with Crippen LogP contribution < -0.4 is 11.5 Å². The summed E-state index contributed by atoms with van der Waals surface area (Å²) in [4.78, 5) is 0. The zero-order valence-electron chi connectivity index (χ0n) is 7.07. The standard InChI is InChI=1S/C9H14N2O/c1-6(12)9(11)7-2-4-8(10)5-3-7/h2-6,9,12H,10-11H2,1H3/t6-,9+/m0/s1. The molecule has 3 nitrogen and oxygen atoms in total. The van der Waals surface area contributed by atoms with Crippen molar-refractivity contribution in [2.24, 2.45) is 5.73 Å². The molecule has 66 valence electrons. The Bertz CT molecular complexity index is 243. The van der Waals surface area contributed by atoms with E-state index >= 15 is 0 Å². The van der Waals surface area contributed by atoms with Crippen LogP contribution in [0.3, 0.4) is 0 Å². The van der Waals surface area contributed by atoms with Crippen LogP contribution in [0.5, 0.6) is 0 Å². The van der Waals surface area contributed by atoms with Gasteiger partial charge in [0.25, 0.3) is 0 Å². The maximum absolute atomic E-state index is 9.19. The Kier molecular flexibility index (Phi) is 2.68. The summed E-state index contributed by atoms with van der Waals surface area (Å²) in [6.07, 6.45) is -0.534. The summed E-state index contributed by atoms with van der Waals surface area (Å²) in [5, 5.41) is 9.19. The molecule has 12 heavy (non-hydrogen) atoms. The van der Waals surface area contributed by atoms with Crippen molar-refractivity contribution in [2.45, 2.75) is 19.1 Å². The molecule has 0 fully saturated rings. The van der Waals surface area contributed by atoms with Crippen molar-refractivity contribution < 1.29 is 5.11 Å². The van der Waals surface area contributed by atoms with Gasteiger partial charge in [-0.25, -0.2) is 0 Å². The van der Waals surface area contributed by atoms with E-state index in [9.17, 15) is 5.11 Å². The summed E-state index contributed by atoms with van der Waals surface area (Å²) in [6.45, 7) is 1.67. The fourth-order valence-corrected chi connectivity index (χ4v) is 0.997. The number of rotatable bonds is 2. The first-order chi connectivity index (χ1) is 5.61. The summed E-state index contributed by atoms with van der Waals surface area (Å²) < 4.78 is 0. The zero-order chi connectivity index (χ0) is 9.14. The minimum absolute atomic E-state index is 0.328. The van der Waals surface area contributed by atoms with Gasteiger partial charge in [-0.1, -0.05) is 12.1 Å². The summed E-state index contributed by atoms with van der Waals surface area (Å²) in [7, 11) is 0. The first-order valence-electron chi connectivity index (χ1n) is 3.90. The molecule has 1 aromatic rings. The Morgan fingerprint density at radius 2 is 1.75 bits per heavy atom. The van der Waals surface area contributed by atoms with E-state index in [0.717, 1.165) is 5.56 Å². The number of nitrogens with two attached hydrogens (primary N) is 2. The molecule has 1 rings (SSSR count). The van der Waals surface area contributed by atoms with Crippen LogP contribution in [0.2, 0.25) is 0 Å². The lowest BCUT2D eigenvalue weighted by molar-refractivity contribution is 0.164. The number of hydrogen-bond donors (Lipinski definition) is 3. The monoisotopic (exact) mass is 166 g/mol. The van der Waals surface area contributed by atoms with Gasteiger partial charge >= 0.3 is 0 Å². The largest absolute Gasteiger partial charge is 0.399 e. The molecule has 1 aromatic carbocycles. The quantitative estimate of drug-likeness (QED) is 0.565. The molecule has 0 unspecified atom stereocenters. The van der Waals surface area contributed by atoms with Gasteiger partial charge in [-0.05, 0) is 24.6 Å². The van der Waals surface area contributed by atoms with Gasteiger partial charge in [-0.2, -0.15) is 0 Å². The third-order valence-electron chi connectivity index (χ3n) is 1.84. The SMILES string of the molecule is C[C@H](O)[C@@H](N)c1ccc(N)cc1. The van der Waals surface area contributed by atoms with E-state index in [0.29, 0.717) is 5.69 Å². The van der Waals surface area contributed by atoms with E-state index in [1.807, 2.05) is 12.1 Å². The number of aliphatic hydroxyl groups is 1. The zero-order valence-corrected chi connectivity index (χ0v) is 7.07. The van der Waals surface area contributed by atoms with Crippen molar-refractivity contribution in [1.29, 1.82) is 0 Å². The predicted octanol–water partition coefficient (Wildman–Crippen LogP) is 0.649. The highest BCUT2D eigenvalue weighted by Crippen LogP contribution is 2.15. The summed E-state index contributed by atoms with van der Waals surface area (Å²) in [5.41, 5.74) is 12.8. The molecule has 0 bridgehead atoms.